The van der Waals surface area contributed by atoms with Gasteiger partial charge < -0.3 is 0 Å². The SMILES string of the molecule is O=C(C=Cc1cn(S(=O)(=O)c2ccccc2)c2ccccc12)NO. The van der Waals surface area contributed by atoms with Gasteiger partial charge in [-0.2, -0.15) is 0 Å². The zero-order valence-corrected chi connectivity index (χ0v) is 13.3. The summed E-state index contributed by atoms with van der Waals surface area (Å²) in [5.41, 5.74) is 2.55. The summed E-state index contributed by atoms with van der Waals surface area (Å²) in [6, 6.07) is 15.1. The number of carbonyl (C=O) groups is 1. The van der Waals surface area contributed by atoms with E-state index in [0.29, 0.717) is 16.5 Å². The second-order valence-corrected chi connectivity index (χ2v) is 6.84. The van der Waals surface area contributed by atoms with Crippen LogP contribution in [0.15, 0.2) is 71.8 Å². The number of benzene rings is 2. The van der Waals surface area contributed by atoms with Crippen LogP contribution in [0.1, 0.15) is 5.56 Å². The van der Waals surface area contributed by atoms with E-state index in [4.69, 9.17) is 5.21 Å². The standard InChI is InChI=1S/C17H14N2O4S/c20-17(18-21)11-10-13-12-19(16-9-5-4-8-15(13)16)24(22,23)14-6-2-1-3-7-14/h1-12,21H,(H,18,20). The molecule has 0 aliphatic heterocycles. The van der Waals surface area contributed by atoms with Crippen LogP contribution in [0.2, 0.25) is 0 Å². The van der Waals surface area contributed by atoms with E-state index >= 15 is 0 Å². The number of para-hydroxylation sites is 1. The zero-order valence-electron chi connectivity index (χ0n) is 12.5. The van der Waals surface area contributed by atoms with E-state index in [1.807, 2.05) is 0 Å². The fraction of sp³-hybridized carbons (Fsp3) is 0. The van der Waals surface area contributed by atoms with Gasteiger partial charge in [-0.3, -0.25) is 10.0 Å². The van der Waals surface area contributed by atoms with Gasteiger partial charge in [0.15, 0.2) is 0 Å². The molecule has 2 N–H and O–H groups in total. The lowest BCUT2D eigenvalue weighted by atomic mass is 10.1. The summed E-state index contributed by atoms with van der Waals surface area (Å²) >= 11 is 0. The highest BCUT2D eigenvalue weighted by Crippen LogP contribution is 2.26. The molecule has 3 rings (SSSR count). The Balaban J connectivity index is 2.20. The number of fused-ring (bicyclic) bond motifs is 1. The summed E-state index contributed by atoms with van der Waals surface area (Å²) in [7, 11) is -3.76. The van der Waals surface area contributed by atoms with Crippen LogP contribution in [0.4, 0.5) is 0 Å². The highest BCUT2D eigenvalue weighted by molar-refractivity contribution is 7.90. The summed E-state index contributed by atoms with van der Waals surface area (Å²) in [6.07, 6.45) is 4.03. The van der Waals surface area contributed by atoms with Gasteiger partial charge in [-0.05, 0) is 24.3 Å². The van der Waals surface area contributed by atoms with Crippen molar-refractivity contribution in [1.82, 2.24) is 9.45 Å². The Morgan fingerprint density at radius 3 is 2.42 bits per heavy atom. The molecule has 6 nitrogen and oxygen atoms in total. The summed E-state index contributed by atoms with van der Waals surface area (Å²) in [4.78, 5) is 11.3. The number of hydrogen-bond donors (Lipinski definition) is 2. The number of nitrogens with zero attached hydrogens (tertiary/aromatic N) is 1. The maximum Gasteiger partial charge on any atom is 0.268 e. The number of aromatic nitrogens is 1. The molecule has 0 radical (unpaired) electrons. The van der Waals surface area contributed by atoms with E-state index in [2.05, 4.69) is 0 Å². The quantitative estimate of drug-likeness (QED) is 0.433. The number of rotatable bonds is 4. The van der Waals surface area contributed by atoms with Crippen molar-refractivity contribution >= 4 is 32.9 Å². The van der Waals surface area contributed by atoms with Gasteiger partial charge in [-0.25, -0.2) is 17.9 Å². The molecule has 1 aromatic heterocycles. The monoisotopic (exact) mass is 342 g/mol. The van der Waals surface area contributed by atoms with Crippen LogP contribution in [0.25, 0.3) is 17.0 Å². The largest absolute Gasteiger partial charge is 0.288 e. The van der Waals surface area contributed by atoms with Gasteiger partial charge in [-0.1, -0.05) is 36.4 Å². The van der Waals surface area contributed by atoms with E-state index in [-0.39, 0.29) is 4.90 Å². The average molecular weight is 342 g/mol. The van der Waals surface area contributed by atoms with Crippen LogP contribution in [0.5, 0.6) is 0 Å². The number of amides is 1. The molecule has 0 saturated carbocycles. The Hall–Kier alpha value is -2.90. The van der Waals surface area contributed by atoms with Crippen LogP contribution in [0.3, 0.4) is 0 Å². The summed E-state index contributed by atoms with van der Waals surface area (Å²) in [6.45, 7) is 0. The molecule has 0 aliphatic carbocycles. The fourth-order valence-corrected chi connectivity index (χ4v) is 3.81. The van der Waals surface area contributed by atoms with E-state index in [9.17, 15) is 13.2 Å². The Labute approximate surface area is 138 Å². The minimum absolute atomic E-state index is 0.175. The predicted molar refractivity (Wildman–Crippen MR) is 89.9 cm³/mol. The van der Waals surface area contributed by atoms with Crippen LogP contribution in [-0.4, -0.2) is 23.5 Å². The first-order valence-corrected chi connectivity index (χ1v) is 8.51. The molecule has 0 fully saturated rings. The lowest BCUT2D eigenvalue weighted by Crippen LogP contribution is -2.14. The van der Waals surface area contributed by atoms with E-state index in [1.54, 1.807) is 42.5 Å². The van der Waals surface area contributed by atoms with Gasteiger partial charge in [0.1, 0.15) is 0 Å². The average Bonchev–Trinajstić information content (AvgIpc) is 3.00. The maximum absolute atomic E-state index is 12.9. The minimum Gasteiger partial charge on any atom is -0.288 e. The second-order valence-electron chi connectivity index (χ2n) is 5.02. The van der Waals surface area contributed by atoms with Crippen molar-refractivity contribution in [2.75, 3.05) is 0 Å². The van der Waals surface area contributed by atoms with Crippen LogP contribution in [-0.2, 0) is 14.8 Å². The Morgan fingerprint density at radius 2 is 1.71 bits per heavy atom. The molecule has 0 saturated heterocycles. The molecule has 0 aliphatic rings. The highest BCUT2D eigenvalue weighted by Gasteiger charge is 2.20. The Bertz CT molecular complexity index is 1020. The van der Waals surface area contributed by atoms with Crippen molar-refractivity contribution in [3.63, 3.8) is 0 Å². The van der Waals surface area contributed by atoms with Gasteiger partial charge in [0.2, 0.25) is 0 Å². The summed E-state index contributed by atoms with van der Waals surface area (Å²) in [5, 5.41) is 9.24. The lowest BCUT2D eigenvalue weighted by molar-refractivity contribution is -0.124. The highest BCUT2D eigenvalue weighted by atomic mass is 32.2. The van der Waals surface area contributed by atoms with Gasteiger partial charge in [0, 0.05) is 23.2 Å². The number of nitrogens with one attached hydrogen (secondary N) is 1. The predicted octanol–water partition coefficient (Wildman–Crippen LogP) is 2.40. The normalized spacial score (nSPS) is 11.9. The van der Waals surface area contributed by atoms with E-state index in [0.717, 1.165) is 6.08 Å². The molecule has 0 unspecified atom stereocenters. The van der Waals surface area contributed by atoms with E-state index in [1.165, 1.54) is 33.9 Å². The number of hydroxylamine groups is 1. The molecule has 3 aromatic rings. The molecular weight excluding hydrogens is 328 g/mol. The van der Waals surface area contributed by atoms with Crippen molar-refractivity contribution in [2.24, 2.45) is 0 Å². The summed E-state index contributed by atoms with van der Waals surface area (Å²) < 4.78 is 26.9. The van der Waals surface area contributed by atoms with Crippen LogP contribution >= 0.6 is 0 Å². The van der Waals surface area contributed by atoms with Crippen molar-refractivity contribution < 1.29 is 18.4 Å². The van der Waals surface area contributed by atoms with Crippen molar-refractivity contribution in [2.45, 2.75) is 4.90 Å². The summed E-state index contributed by atoms with van der Waals surface area (Å²) in [5.74, 6) is -0.697. The van der Waals surface area contributed by atoms with E-state index < -0.39 is 15.9 Å². The Kier molecular flexibility index (Phi) is 4.20. The third kappa shape index (κ3) is 2.82. The molecule has 1 amide bonds. The molecule has 24 heavy (non-hydrogen) atoms. The third-order valence-corrected chi connectivity index (χ3v) is 5.22. The first-order chi connectivity index (χ1) is 11.5. The van der Waals surface area contributed by atoms with Crippen molar-refractivity contribution in [3.05, 3.63) is 72.4 Å². The van der Waals surface area contributed by atoms with Gasteiger partial charge in [0.25, 0.3) is 15.9 Å². The maximum atomic E-state index is 12.9. The van der Waals surface area contributed by atoms with Crippen molar-refractivity contribution in [3.8, 4) is 0 Å². The molecule has 0 spiro atoms. The topological polar surface area (TPSA) is 88.4 Å². The Morgan fingerprint density at radius 1 is 1.04 bits per heavy atom. The molecule has 0 bridgehead atoms. The van der Waals surface area contributed by atoms with Gasteiger partial charge in [-0.15, -0.1) is 0 Å². The number of hydrogen-bond acceptors (Lipinski definition) is 4. The number of carbonyl (C=O) groups excluding carboxylic acids is 1. The van der Waals surface area contributed by atoms with Gasteiger partial charge in [0.05, 0.1) is 10.4 Å². The first kappa shape index (κ1) is 16.0. The molecule has 122 valence electrons. The molecular formula is C17H14N2O4S. The molecule has 0 atom stereocenters. The molecule has 1 heterocycles. The second kappa shape index (κ2) is 6.31. The molecule has 2 aromatic carbocycles. The lowest BCUT2D eigenvalue weighted by Gasteiger charge is -2.07. The third-order valence-electron chi connectivity index (χ3n) is 3.53. The van der Waals surface area contributed by atoms with Crippen LogP contribution < -0.4 is 5.48 Å². The molecule has 7 heteroatoms. The minimum atomic E-state index is -3.76. The smallest absolute Gasteiger partial charge is 0.268 e. The van der Waals surface area contributed by atoms with Crippen LogP contribution in [0, 0.1) is 0 Å². The first-order valence-electron chi connectivity index (χ1n) is 7.07. The van der Waals surface area contributed by atoms with Gasteiger partial charge >= 0.3 is 0 Å². The fourth-order valence-electron chi connectivity index (χ4n) is 2.42. The van der Waals surface area contributed by atoms with Crippen molar-refractivity contribution in [1.29, 1.82) is 0 Å². The zero-order chi connectivity index (χ0) is 17.2.